The molecule has 0 fully saturated rings. The second kappa shape index (κ2) is 8.66. The third-order valence-electron chi connectivity index (χ3n) is 4.70. The lowest BCUT2D eigenvalue weighted by Crippen LogP contribution is -2.13. The Morgan fingerprint density at radius 1 is 1.12 bits per heavy atom. The van der Waals surface area contributed by atoms with Crippen LogP contribution in [0.25, 0.3) is 21.5 Å². The number of rotatable bonds is 6. The number of carbonyl (C=O) groups is 1. The molecule has 0 atom stereocenters. The average molecular weight is 473 g/mol. The zero-order chi connectivity index (χ0) is 23.8. The predicted molar refractivity (Wildman–Crippen MR) is 119 cm³/mol. The van der Waals surface area contributed by atoms with Crippen LogP contribution in [0.15, 0.2) is 48.8 Å². The van der Waals surface area contributed by atoms with Crippen LogP contribution in [0.4, 0.5) is 18.9 Å². The van der Waals surface area contributed by atoms with Gasteiger partial charge in [-0.15, -0.1) is 11.3 Å². The maximum atomic E-state index is 12.8. The Balaban J connectivity index is 1.69. The number of amides is 1. The summed E-state index contributed by atoms with van der Waals surface area (Å²) in [4.78, 5) is 26.0. The molecule has 0 aliphatic rings. The highest BCUT2D eigenvalue weighted by Gasteiger charge is 2.30. The van der Waals surface area contributed by atoms with Crippen molar-refractivity contribution in [2.75, 3.05) is 19.0 Å². The summed E-state index contributed by atoms with van der Waals surface area (Å²) in [5, 5.41) is 0.561. The van der Waals surface area contributed by atoms with Crippen LogP contribution in [0, 0.1) is 0 Å². The highest BCUT2D eigenvalue weighted by atomic mass is 32.1. The van der Waals surface area contributed by atoms with Gasteiger partial charge in [-0.2, -0.15) is 13.2 Å². The summed E-state index contributed by atoms with van der Waals surface area (Å²) in [6, 6.07) is 9.93. The maximum absolute atomic E-state index is 12.8. The van der Waals surface area contributed by atoms with E-state index in [2.05, 4.69) is 15.0 Å². The summed E-state index contributed by atoms with van der Waals surface area (Å²) in [6.45, 7) is 0. The van der Waals surface area contributed by atoms with E-state index in [1.54, 1.807) is 6.07 Å². The second-order valence-corrected chi connectivity index (χ2v) is 8.47. The van der Waals surface area contributed by atoms with E-state index < -0.39 is 17.6 Å². The molecule has 33 heavy (non-hydrogen) atoms. The summed E-state index contributed by atoms with van der Waals surface area (Å²) in [7, 11) is 3.76. The van der Waals surface area contributed by atoms with Crippen LogP contribution in [0.3, 0.4) is 0 Å². The summed E-state index contributed by atoms with van der Waals surface area (Å²) in [5.74, 6) is 0.128. The first-order chi connectivity index (χ1) is 15.6. The van der Waals surface area contributed by atoms with Gasteiger partial charge < -0.3 is 15.4 Å². The first kappa shape index (κ1) is 22.5. The van der Waals surface area contributed by atoms with Crippen LogP contribution in [-0.4, -0.2) is 35.0 Å². The molecule has 170 valence electrons. The van der Waals surface area contributed by atoms with Crippen molar-refractivity contribution in [1.29, 1.82) is 0 Å². The van der Waals surface area contributed by atoms with Gasteiger partial charge in [-0.25, -0.2) is 15.0 Å². The molecule has 0 radical (unpaired) electrons. The van der Waals surface area contributed by atoms with Gasteiger partial charge in [0.15, 0.2) is 5.75 Å². The van der Waals surface area contributed by atoms with Gasteiger partial charge >= 0.3 is 6.18 Å². The maximum Gasteiger partial charge on any atom is 0.416 e. The fourth-order valence-corrected chi connectivity index (χ4v) is 4.12. The van der Waals surface area contributed by atoms with Crippen LogP contribution < -0.4 is 15.4 Å². The molecule has 2 aromatic carbocycles. The van der Waals surface area contributed by atoms with Crippen molar-refractivity contribution in [2.24, 2.45) is 5.73 Å². The summed E-state index contributed by atoms with van der Waals surface area (Å²) >= 11 is 1.34. The largest absolute Gasteiger partial charge is 0.436 e. The van der Waals surface area contributed by atoms with E-state index in [4.69, 9.17) is 10.5 Å². The number of benzene rings is 2. The number of aromatic nitrogens is 3. The minimum Gasteiger partial charge on any atom is -0.436 e. The van der Waals surface area contributed by atoms with Crippen molar-refractivity contribution in [3.05, 3.63) is 59.4 Å². The van der Waals surface area contributed by atoms with Crippen LogP contribution >= 0.6 is 11.3 Å². The minimum atomic E-state index is -4.41. The molecule has 0 spiro atoms. The van der Waals surface area contributed by atoms with Crippen molar-refractivity contribution in [3.63, 3.8) is 0 Å². The SMILES string of the molecule is CN(C)c1cc(Oc2cc(-c3ccc(C(F)(F)F)cc3)ncn2)c2nc(CC(N)=O)sc2c1. The fraction of sp³-hybridized carbons (Fsp3) is 0.182. The summed E-state index contributed by atoms with van der Waals surface area (Å²) < 4.78 is 45.3. The molecule has 0 bridgehead atoms. The van der Waals surface area contributed by atoms with Gasteiger partial charge in [0, 0.05) is 37.5 Å². The van der Waals surface area contributed by atoms with E-state index in [9.17, 15) is 18.0 Å². The number of anilines is 1. The summed E-state index contributed by atoms with van der Waals surface area (Å²) in [6.07, 6.45) is -3.13. The van der Waals surface area contributed by atoms with E-state index in [-0.39, 0.29) is 12.3 Å². The van der Waals surface area contributed by atoms with Gasteiger partial charge in [-0.3, -0.25) is 4.79 Å². The number of nitrogens with two attached hydrogens (primary N) is 1. The molecule has 2 N–H and O–H groups in total. The van der Waals surface area contributed by atoms with E-state index in [1.165, 1.54) is 35.9 Å². The molecule has 4 aromatic rings. The lowest BCUT2D eigenvalue weighted by molar-refractivity contribution is -0.137. The number of primary amides is 1. The highest BCUT2D eigenvalue weighted by molar-refractivity contribution is 7.18. The van der Waals surface area contributed by atoms with Crippen molar-refractivity contribution in [2.45, 2.75) is 12.6 Å². The van der Waals surface area contributed by atoms with Gasteiger partial charge in [0.2, 0.25) is 11.8 Å². The zero-order valence-corrected chi connectivity index (χ0v) is 18.4. The molecule has 4 rings (SSSR count). The second-order valence-electron chi connectivity index (χ2n) is 7.35. The molecule has 0 aliphatic heterocycles. The van der Waals surface area contributed by atoms with Crippen molar-refractivity contribution in [1.82, 2.24) is 15.0 Å². The van der Waals surface area contributed by atoms with E-state index in [0.717, 1.165) is 22.5 Å². The molecule has 7 nitrogen and oxygen atoms in total. The average Bonchev–Trinajstić information content (AvgIpc) is 3.15. The summed E-state index contributed by atoms with van der Waals surface area (Å²) in [5.41, 5.74) is 6.85. The number of hydrogen-bond acceptors (Lipinski definition) is 7. The van der Waals surface area contributed by atoms with Crippen molar-refractivity contribution >= 4 is 33.1 Å². The Kier molecular flexibility index (Phi) is 5.90. The number of ether oxygens (including phenoxy) is 1. The number of nitrogens with zero attached hydrogens (tertiary/aromatic N) is 4. The van der Waals surface area contributed by atoms with Crippen LogP contribution in [-0.2, 0) is 17.4 Å². The lowest BCUT2D eigenvalue weighted by atomic mass is 10.1. The molecule has 2 heterocycles. The van der Waals surface area contributed by atoms with E-state index in [0.29, 0.717) is 27.5 Å². The lowest BCUT2D eigenvalue weighted by Gasteiger charge is -2.14. The molecular formula is C22H18F3N5O2S. The minimum absolute atomic E-state index is 0.0155. The standard InChI is InChI=1S/C22H18F3N5O2S/c1-30(2)14-7-16(21-17(8-14)33-20(29-21)10-18(26)31)32-19-9-15(27-11-28-19)12-3-5-13(6-4-12)22(23,24)25/h3-9,11H,10H2,1-2H3,(H2,26,31). The van der Waals surface area contributed by atoms with Crippen molar-refractivity contribution < 1.29 is 22.7 Å². The smallest absolute Gasteiger partial charge is 0.416 e. The number of fused-ring (bicyclic) bond motifs is 1. The number of halogens is 3. The zero-order valence-electron chi connectivity index (χ0n) is 17.6. The Morgan fingerprint density at radius 3 is 2.48 bits per heavy atom. The fourth-order valence-electron chi connectivity index (χ4n) is 3.09. The Hall–Kier alpha value is -3.73. The molecule has 11 heteroatoms. The monoisotopic (exact) mass is 473 g/mol. The third kappa shape index (κ3) is 5.03. The van der Waals surface area contributed by atoms with E-state index in [1.807, 2.05) is 25.1 Å². The number of thiazole rings is 1. The van der Waals surface area contributed by atoms with Gasteiger partial charge in [-0.05, 0) is 18.2 Å². The predicted octanol–water partition coefficient (Wildman–Crippen LogP) is 4.66. The number of hydrogen-bond donors (Lipinski definition) is 1. The van der Waals surface area contributed by atoms with Crippen LogP contribution in [0.2, 0.25) is 0 Å². The normalized spacial score (nSPS) is 11.5. The molecule has 0 aliphatic carbocycles. The molecule has 0 unspecified atom stereocenters. The van der Waals surface area contributed by atoms with Crippen LogP contribution in [0.5, 0.6) is 11.6 Å². The third-order valence-corrected chi connectivity index (χ3v) is 5.70. The number of alkyl halides is 3. The number of carbonyl (C=O) groups excluding carboxylic acids is 1. The molecule has 0 saturated heterocycles. The first-order valence-corrected chi connectivity index (χ1v) is 10.5. The van der Waals surface area contributed by atoms with Crippen LogP contribution in [0.1, 0.15) is 10.6 Å². The van der Waals surface area contributed by atoms with Gasteiger partial charge in [0.25, 0.3) is 0 Å². The Labute approximate surface area is 190 Å². The molecule has 1 amide bonds. The highest BCUT2D eigenvalue weighted by Crippen LogP contribution is 2.37. The Morgan fingerprint density at radius 2 is 1.85 bits per heavy atom. The quantitative estimate of drug-likeness (QED) is 0.438. The van der Waals surface area contributed by atoms with Gasteiger partial charge in [-0.1, -0.05) is 12.1 Å². The first-order valence-electron chi connectivity index (χ1n) is 9.67. The van der Waals surface area contributed by atoms with Crippen molar-refractivity contribution in [3.8, 4) is 22.9 Å². The van der Waals surface area contributed by atoms with Gasteiger partial charge in [0.05, 0.1) is 22.4 Å². The molecule has 2 aromatic heterocycles. The topological polar surface area (TPSA) is 94.2 Å². The van der Waals surface area contributed by atoms with Gasteiger partial charge in [0.1, 0.15) is 16.9 Å². The Bertz CT molecular complexity index is 1320. The molecular weight excluding hydrogens is 455 g/mol. The van der Waals surface area contributed by atoms with E-state index >= 15 is 0 Å². The molecule has 0 saturated carbocycles.